The van der Waals surface area contributed by atoms with Gasteiger partial charge in [-0.1, -0.05) is 24.3 Å². The largest absolute Gasteiger partial charge is 0.387 e. The maximum Gasteiger partial charge on any atom is 0.315 e. The van der Waals surface area contributed by atoms with Crippen molar-refractivity contribution in [3.8, 4) is 0 Å². The summed E-state index contributed by atoms with van der Waals surface area (Å²) >= 11 is 0. The summed E-state index contributed by atoms with van der Waals surface area (Å²) < 4.78 is 15.1. The van der Waals surface area contributed by atoms with E-state index in [9.17, 15) is 14.3 Å². The summed E-state index contributed by atoms with van der Waals surface area (Å²) in [6, 6.07) is 12.9. The van der Waals surface area contributed by atoms with Crippen LogP contribution in [0.2, 0.25) is 0 Å². The van der Waals surface area contributed by atoms with E-state index in [-0.39, 0.29) is 13.1 Å². The zero-order valence-corrected chi connectivity index (χ0v) is 13.7. The van der Waals surface area contributed by atoms with E-state index in [1.807, 2.05) is 35.9 Å². The maximum atomic E-state index is 13.1. The van der Waals surface area contributed by atoms with E-state index in [1.54, 1.807) is 6.07 Å². The smallest absolute Gasteiger partial charge is 0.315 e. The normalized spacial score (nSPS) is 12.1. The van der Waals surface area contributed by atoms with Crippen molar-refractivity contribution >= 4 is 17.1 Å². The van der Waals surface area contributed by atoms with Crippen molar-refractivity contribution in [1.29, 1.82) is 0 Å². The molecule has 0 aliphatic rings. The molecule has 0 saturated carbocycles. The zero-order chi connectivity index (χ0) is 17.8. The number of amides is 2. The zero-order valence-electron chi connectivity index (χ0n) is 13.7. The Morgan fingerprint density at radius 1 is 1.24 bits per heavy atom. The molecule has 0 radical (unpaired) electrons. The number of carbonyl (C=O) groups is 1. The van der Waals surface area contributed by atoms with Crippen LogP contribution in [0.1, 0.15) is 17.5 Å². The molecule has 2 aromatic carbocycles. The molecule has 2 amide bonds. The van der Waals surface area contributed by atoms with Gasteiger partial charge in [0.25, 0.3) is 0 Å². The van der Waals surface area contributed by atoms with Gasteiger partial charge in [0.15, 0.2) is 0 Å². The first-order valence-electron chi connectivity index (χ1n) is 7.90. The van der Waals surface area contributed by atoms with E-state index >= 15 is 0 Å². The summed E-state index contributed by atoms with van der Waals surface area (Å²) in [5, 5.41) is 15.3. The van der Waals surface area contributed by atoms with Crippen LogP contribution in [0.5, 0.6) is 0 Å². The number of imidazole rings is 1. The highest BCUT2D eigenvalue weighted by Crippen LogP contribution is 2.14. The van der Waals surface area contributed by atoms with Crippen LogP contribution in [-0.4, -0.2) is 27.2 Å². The second kappa shape index (κ2) is 7.31. The number of benzene rings is 2. The molecule has 3 aromatic rings. The van der Waals surface area contributed by atoms with Crippen LogP contribution in [0.25, 0.3) is 11.0 Å². The number of urea groups is 1. The van der Waals surface area contributed by atoms with E-state index < -0.39 is 18.0 Å². The van der Waals surface area contributed by atoms with Gasteiger partial charge in [-0.2, -0.15) is 0 Å². The van der Waals surface area contributed by atoms with Gasteiger partial charge >= 0.3 is 6.03 Å². The molecular formula is C18H19FN4O2. The lowest BCUT2D eigenvalue weighted by atomic mass is 10.1. The van der Waals surface area contributed by atoms with Gasteiger partial charge in [-0.15, -0.1) is 0 Å². The SMILES string of the molecule is Cn1c(CNC(=O)NCC(O)c2cccc(F)c2)nc2ccccc21. The average molecular weight is 342 g/mol. The number of nitrogens with one attached hydrogen (secondary N) is 2. The Kier molecular flexibility index (Phi) is 4.95. The van der Waals surface area contributed by atoms with Crippen LogP contribution in [-0.2, 0) is 13.6 Å². The highest BCUT2D eigenvalue weighted by atomic mass is 19.1. The number of carbonyl (C=O) groups excluding carboxylic acids is 1. The quantitative estimate of drug-likeness (QED) is 0.665. The van der Waals surface area contributed by atoms with Crippen molar-refractivity contribution in [3.05, 3.63) is 65.7 Å². The van der Waals surface area contributed by atoms with Crippen molar-refractivity contribution in [1.82, 2.24) is 20.2 Å². The number of para-hydroxylation sites is 2. The first kappa shape index (κ1) is 16.9. The Labute approximate surface area is 144 Å². The Balaban J connectivity index is 1.53. The predicted molar refractivity (Wildman–Crippen MR) is 92.3 cm³/mol. The summed E-state index contributed by atoms with van der Waals surface area (Å²) in [6.45, 7) is 0.241. The van der Waals surface area contributed by atoms with Crippen LogP contribution in [0.15, 0.2) is 48.5 Å². The van der Waals surface area contributed by atoms with Gasteiger partial charge in [-0.25, -0.2) is 14.2 Å². The minimum atomic E-state index is -0.975. The standard InChI is InChI=1S/C18H19FN4O2/c1-23-15-8-3-2-7-14(15)22-17(23)11-21-18(25)20-10-16(24)12-5-4-6-13(19)9-12/h2-9,16,24H,10-11H2,1H3,(H2,20,21,25). The average Bonchev–Trinajstić information content (AvgIpc) is 2.94. The fourth-order valence-corrected chi connectivity index (χ4v) is 2.60. The van der Waals surface area contributed by atoms with Gasteiger partial charge in [0, 0.05) is 13.6 Å². The van der Waals surface area contributed by atoms with Crippen LogP contribution >= 0.6 is 0 Å². The Hall–Kier alpha value is -2.93. The van der Waals surface area contributed by atoms with E-state index in [2.05, 4.69) is 15.6 Å². The van der Waals surface area contributed by atoms with Crippen molar-refractivity contribution in [2.24, 2.45) is 7.05 Å². The summed E-state index contributed by atoms with van der Waals surface area (Å²) in [6.07, 6.45) is -0.975. The molecule has 1 aromatic heterocycles. The molecule has 1 atom stereocenters. The predicted octanol–water partition coefficient (Wildman–Crippen LogP) is 2.25. The second-order valence-corrected chi connectivity index (χ2v) is 5.71. The number of fused-ring (bicyclic) bond motifs is 1. The summed E-state index contributed by atoms with van der Waals surface area (Å²) in [7, 11) is 1.89. The number of aliphatic hydroxyl groups excluding tert-OH is 1. The van der Waals surface area contributed by atoms with Gasteiger partial charge in [-0.05, 0) is 29.8 Å². The Morgan fingerprint density at radius 2 is 2.04 bits per heavy atom. The third kappa shape index (κ3) is 3.95. The molecule has 7 heteroatoms. The van der Waals surface area contributed by atoms with E-state index in [0.29, 0.717) is 5.56 Å². The Bertz CT molecular complexity index is 894. The van der Waals surface area contributed by atoms with Gasteiger partial charge in [-0.3, -0.25) is 0 Å². The van der Waals surface area contributed by atoms with Crippen molar-refractivity contribution < 1.29 is 14.3 Å². The molecule has 3 rings (SSSR count). The fourth-order valence-electron chi connectivity index (χ4n) is 2.60. The number of hydrogen-bond acceptors (Lipinski definition) is 3. The molecule has 0 bridgehead atoms. The number of nitrogens with zero attached hydrogens (tertiary/aromatic N) is 2. The second-order valence-electron chi connectivity index (χ2n) is 5.71. The Morgan fingerprint density at radius 3 is 2.80 bits per heavy atom. The third-order valence-electron chi connectivity index (χ3n) is 3.98. The molecule has 0 aliphatic heterocycles. The molecule has 25 heavy (non-hydrogen) atoms. The van der Waals surface area contributed by atoms with Gasteiger partial charge in [0.05, 0.1) is 23.7 Å². The molecule has 6 nitrogen and oxygen atoms in total. The van der Waals surface area contributed by atoms with Gasteiger partial charge < -0.3 is 20.3 Å². The van der Waals surface area contributed by atoms with Crippen molar-refractivity contribution in [2.45, 2.75) is 12.6 Å². The summed E-state index contributed by atoms with van der Waals surface area (Å²) in [4.78, 5) is 16.4. The van der Waals surface area contributed by atoms with E-state index in [0.717, 1.165) is 16.9 Å². The molecule has 0 saturated heterocycles. The van der Waals surface area contributed by atoms with Crippen LogP contribution in [0.3, 0.4) is 0 Å². The summed E-state index contributed by atoms with van der Waals surface area (Å²) in [5.41, 5.74) is 2.26. The van der Waals surface area contributed by atoms with Crippen molar-refractivity contribution in [3.63, 3.8) is 0 Å². The van der Waals surface area contributed by atoms with E-state index in [4.69, 9.17) is 0 Å². The maximum absolute atomic E-state index is 13.1. The lowest BCUT2D eigenvalue weighted by molar-refractivity contribution is 0.172. The topological polar surface area (TPSA) is 79.2 Å². The highest BCUT2D eigenvalue weighted by Gasteiger charge is 2.11. The van der Waals surface area contributed by atoms with Crippen LogP contribution in [0, 0.1) is 5.82 Å². The molecule has 3 N–H and O–H groups in total. The lowest BCUT2D eigenvalue weighted by Crippen LogP contribution is -2.37. The minimum absolute atomic E-state index is 0.0160. The highest BCUT2D eigenvalue weighted by molar-refractivity contribution is 5.76. The fraction of sp³-hybridized carbons (Fsp3) is 0.222. The van der Waals surface area contributed by atoms with Crippen LogP contribution < -0.4 is 10.6 Å². The number of halogens is 1. The first-order valence-corrected chi connectivity index (χ1v) is 7.90. The molecule has 0 fully saturated rings. The van der Waals surface area contributed by atoms with Gasteiger partial charge in [0.1, 0.15) is 11.6 Å². The number of aliphatic hydroxyl groups is 1. The van der Waals surface area contributed by atoms with Gasteiger partial charge in [0.2, 0.25) is 0 Å². The van der Waals surface area contributed by atoms with Crippen molar-refractivity contribution in [2.75, 3.05) is 6.54 Å². The monoisotopic (exact) mass is 342 g/mol. The molecule has 0 aliphatic carbocycles. The molecule has 130 valence electrons. The minimum Gasteiger partial charge on any atom is -0.387 e. The number of hydrogen-bond donors (Lipinski definition) is 3. The summed E-state index contributed by atoms with van der Waals surface area (Å²) in [5.74, 6) is 0.296. The number of aryl methyl sites for hydroxylation is 1. The van der Waals surface area contributed by atoms with E-state index in [1.165, 1.54) is 18.2 Å². The van der Waals surface area contributed by atoms with Crippen LogP contribution in [0.4, 0.5) is 9.18 Å². The number of aromatic nitrogens is 2. The third-order valence-corrected chi connectivity index (χ3v) is 3.98. The first-order chi connectivity index (χ1) is 12.0. The molecule has 1 unspecified atom stereocenters. The lowest BCUT2D eigenvalue weighted by Gasteiger charge is -2.13. The molecular weight excluding hydrogens is 323 g/mol. The molecule has 0 spiro atoms. The number of rotatable bonds is 5. The molecule has 1 heterocycles.